The molecule has 3 aromatic rings. The minimum Gasteiger partial charge on any atom is -0.858 e. The molecule has 1 unspecified atom stereocenters. The lowest BCUT2D eigenvalue weighted by molar-refractivity contribution is -0.213. The van der Waals surface area contributed by atoms with Crippen molar-refractivity contribution in [2.45, 2.75) is 6.04 Å². The first-order valence-corrected chi connectivity index (χ1v) is 9.03. The van der Waals surface area contributed by atoms with Crippen LogP contribution in [0, 0.1) is 17.1 Å². The molecule has 0 aliphatic rings. The molecule has 8 heteroatoms. The number of hydrogen-bond acceptors (Lipinski definition) is 4. The van der Waals surface area contributed by atoms with Gasteiger partial charge >= 0.3 is 0 Å². The number of halogens is 4. The molecule has 0 spiro atoms. The summed E-state index contributed by atoms with van der Waals surface area (Å²) in [5.41, 5.74) is 0.879. The summed E-state index contributed by atoms with van der Waals surface area (Å²) in [6.45, 7) is 0. The van der Waals surface area contributed by atoms with Gasteiger partial charge < -0.3 is 5.11 Å². The topological polar surface area (TPSA) is 72.1 Å². The van der Waals surface area contributed by atoms with Crippen LogP contribution >= 0.6 is 34.8 Å². The van der Waals surface area contributed by atoms with Gasteiger partial charge in [0.1, 0.15) is 17.9 Å². The summed E-state index contributed by atoms with van der Waals surface area (Å²) in [5.74, 6) is -1.46. The molecule has 4 nitrogen and oxygen atoms in total. The van der Waals surface area contributed by atoms with Crippen LogP contribution in [0.1, 0.15) is 28.4 Å². The van der Waals surface area contributed by atoms with Gasteiger partial charge in [-0.1, -0.05) is 46.9 Å². The van der Waals surface area contributed by atoms with Gasteiger partial charge in [0.2, 0.25) is 0 Å². The fraction of sp³-hybridized carbons (Fsp3) is 0.0500. The number of nitrogens with zero attached hydrogens (tertiary/aromatic N) is 3. The molecule has 1 atom stereocenters. The van der Waals surface area contributed by atoms with Crippen molar-refractivity contribution in [2.75, 3.05) is 0 Å². The zero-order chi connectivity index (χ0) is 20.3. The number of aromatic nitrogens is 1. The van der Waals surface area contributed by atoms with E-state index in [4.69, 9.17) is 40.1 Å². The molecule has 28 heavy (non-hydrogen) atoms. The zero-order valence-corrected chi connectivity index (χ0v) is 16.3. The fourth-order valence-corrected chi connectivity index (χ4v) is 2.89. The Morgan fingerprint density at radius 3 is 2.46 bits per heavy atom. The van der Waals surface area contributed by atoms with E-state index in [1.54, 1.807) is 36.4 Å². The lowest BCUT2D eigenvalue weighted by atomic mass is 10.0. The van der Waals surface area contributed by atoms with E-state index >= 15 is 0 Å². The van der Waals surface area contributed by atoms with Crippen LogP contribution in [0.25, 0.3) is 0 Å². The van der Waals surface area contributed by atoms with E-state index in [2.05, 4.69) is 9.98 Å². The van der Waals surface area contributed by atoms with Crippen molar-refractivity contribution in [2.24, 2.45) is 4.99 Å². The number of pyridine rings is 1. The maximum Gasteiger partial charge on any atom is 0.141 e. The van der Waals surface area contributed by atoms with Crippen molar-refractivity contribution in [3.63, 3.8) is 0 Å². The van der Waals surface area contributed by atoms with Gasteiger partial charge in [-0.2, -0.15) is 5.26 Å². The fourth-order valence-electron chi connectivity index (χ4n) is 2.47. The minimum absolute atomic E-state index is 0.00974. The second-order valence-corrected chi connectivity index (χ2v) is 6.97. The van der Waals surface area contributed by atoms with Gasteiger partial charge in [-0.15, -0.1) is 0 Å². The monoisotopic (exact) mass is 432 g/mol. The molecular weight excluding hydrogens is 424 g/mol. The van der Waals surface area contributed by atoms with Crippen molar-refractivity contribution in [3.05, 3.63) is 98.0 Å². The van der Waals surface area contributed by atoms with Crippen LogP contribution < -0.4 is 5.11 Å². The lowest BCUT2D eigenvalue weighted by Crippen LogP contribution is -2.21. The predicted molar refractivity (Wildman–Crippen MR) is 105 cm³/mol. The van der Waals surface area contributed by atoms with E-state index < -0.39 is 17.8 Å². The summed E-state index contributed by atoms with van der Waals surface area (Å²) in [5, 5.41) is 22.5. The third-order valence-electron chi connectivity index (χ3n) is 3.87. The first-order chi connectivity index (χ1) is 13.4. The number of nitriles is 1. The number of benzene rings is 2. The Hall–Kier alpha value is -2.65. The SMILES string of the molecule is N#Cc1ccc(C([O-])=NC(c2ccc(Cl)c(Cl)c2)c2ccc(Cl)cn2)cc1F. The molecule has 1 heterocycles. The smallest absolute Gasteiger partial charge is 0.141 e. The maximum atomic E-state index is 13.9. The average Bonchev–Trinajstić information content (AvgIpc) is 2.69. The average molecular weight is 434 g/mol. The summed E-state index contributed by atoms with van der Waals surface area (Å²) in [6.07, 6.45) is 1.43. The van der Waals surface area contributed by atoms with E-state index in [1.807, 2.05) is 0 Å². The van der Waals surface area contributed by atoms with Crippen LogP contribution in [0.3, 0.4) is 0 Å². The zero-order valence-electron chi connectivity index (χ0n) is 14.0. The van der Waals surface area contributed by atoms with Gasteiger partial charge in [0.15, 0.2) is 0 Å². The van der Waals surface area contributed by atoms with Gasteiger partial charge in [-0.3, -0.25) is 9.98 Å². The normalized spacial score (nSPS) is 12.5. The molecule has 140 valence electrons. The van der Waals surface area contributed by atoms with Crippen LogP contribution in [0.5, 0.6) is 0 Å². The molecule has 0 aliphatic heterocycles. The Balaban J connectivity index is 2.09. The highest BCUT2D eigenvalue weighted by Crippen LogP contribution is 2.31. The van der Waals surface area contributed by atoms with Crippen LogP contribution in [-0.2, 0) is 0 Å². The Bertz CT molecular complexity index is 1090. The van der Waals surface area contributed by atoms with Crippen molar-refractivity contribution < 1.29 is 9.50 Å². The van der Waals surface area contributed by atoms with Crippen molar-refractivity contribution in [3.8, 4) is 6.07 Å². The van der Waals surface area contributed by atoms with Crippen LogP contribution in [-0.4, -0.2) is 10.9 Å². The highest BCUT2D eigenvalue weighted by atomic mass is 35.5. The lowest BCUT2D eigenvalue weighted by Gasteiger charge is -2.19. The molecule has 0 bridgehead atoms. The van der Waals surface area contributed by atoms with Crippen molar-refractivity contribution in [1.82, 2.24) is 4.98 Å². The van der Waals surface area contributed by atoms with E-state index in [9.17, 15) is 9.50 Å². The van der Waals surface area contributed by atoms with Crippen molar-refractivity contribution >= 4 is 40.7 Å². The first kappa shape index (κ1) is 20.1. The molecular formula is C20H10Cl3FN3O-. The van der Waals surface area contributed by atoms with Gasteiger partial charge in [-0.25, -0.2) is 4.39 Å². The minimum atomic E-state index is -0.807. The summed E-state index contributed by atoms with van der Waals surface area (Å²) in [4.78, 5) is 8.42. The summed E-state index contributed by atoms with van der Waals surface area (Å²) >= 11 is 18.0. The second kappa shape index (κ2) is 8.57. The Morgan fingerprint density at radius 2 is 1.86 bits per heavy atom. The van der Waals surface area contributed by atoms with Gasteiger partial charge in [0.05, 0.1) is 26.3 Å². The molecule has 1 aromatic heterocycles. The molecule has 2 aromatic carbocycles. The van der Waals surface area contributed by atoms with Crippen LogP contribution in [0.15, 0.2) is 59.7 Å². The molecule has 0 saturated carbocycles. The molecule has 0 radical (unpaired) electrons. The van der Waals surface area contributed by atoms with E-state index in [1.165, 1.54) is 18.3 Å². The largest absolute Gasteiger partial charge is 0.858 e. The Morgan fingerprint density at radius 1 is 1.07 bits per heavy atom. The van der Waals surface area contributed by atoms with Crippen LogP contribution in [0.2, 0.25) is 15.1 Å². The summed E-state index contributed by atoms with van der Waals surface area (Å²) in [6, 6.07) is 12.5. The Kier molecular flexibility index (Phi) is 6.15. The highest BCUT2D eigenvalue weighted by Gasteiger charge is 2.16. The predicted octanol–water partition coefficient (Wildman–Crippen LogP) is 4.95. The van der Waals surface area contributed by atoms with Gasteiger partial charge in [0, 0.05) is 6.20 Å². The number of hydrogen-bond donors (Lipinski definition) is 0. The molecule has 0 amide bonds. The summed E-state index contributed by atoms with van der Waals surface area (Å²) in [7, 11) is 0. The number of rotatable bonds is 4. The van der Waals surface area contributed by atoms with E-state index in [0.29, 0.717) is 26.3 Å². The van der Waals surface area contributed by atoms with Crippen LogP contribution in [0.4, 0.5) is 4.39 Å². The van der Waals surface area contributed by atoms with Gasteiger partial charge in [-0.05, 0) is 53.4 Å². The highest BCUT2D eigenvalue weighted by molar-refractivity contribution is 6.42. The quantitative estimate of drug-likeness (QED) is 0.432. The van der Waals surface area contributed by atoms with E-state index in [-0.39, 0.29) is 11.1 Å². The third kappa shape index (κ3) is 4.42. The molecule has 0 aliphatic carbocycles. The standard InChI is InChI=1S/C20H11Cl3FN3O/c21-14-4-6-18(26-10-14)19(11-3-5-15(22)16(23)7-11)27-20(28)12-1-2-13(9-25)17(24)8-12/h1-8,10,19H,(H,27,28)/p-1. The molecule has 0 N–H and O–H groups in total. The van der Waals surface area contributed by atoms with Gasteiger partial charge in [0.25, 0.3) is 0 Å². The number of aliphatic imine (C=N–C) groups is 1. The van der Waals surface area contributed by atoms with E-state index in [0.717, 1.165) is 6.07 Å². The van der Waals surface area contributed by atoms with Crippen molar-refractivity contribution in [1.29, 1.82) is 5.26 Å². The third-order valence-corrected chi connectivity index (χ3v) is 4.84. The molecule has 0 fully saturated rings. The first-order valence-electron chi connectivity index (χ1n) is 7.90. The molecule has 3 rings (SSSR count). The molecule has 0 saturated heterocycles. The maximum absolute atomic E-state index is 13.9. The second-order valence-electron chi connectivity index (χ2n) is 5.72. The summed E-state index contributed by atoms with van der Waals surface area (Å²) < 4.78 is 13.9. The Labute approximate surface area is 175 Å².